The van der Waals surface area contributed by atoms with E-state index in [0.717, 1.165) is 11.4 Å². The highest BCUT2D eigenvalue weighted by Crippen LogP contribution is 2.05. The van der Waals surface area contributed by atoms with Crippen molar-refractivity contribution >= 4 is 18.4 Å². The molecule has 0 aliphatic carbocycles. The van der Waals surface area contributed by atoms with Gasteiger partial charge in [-0.15, -0.1) is 4.36 Å². The van der Waals surface area contributed by atoms with Gasteiger partial charge in [0.05, 0.1) is 18.6 Å². The Bertz CT molecular complexity index is 332. The Labute approximate surface area is 88.2 Å². The summed E-state index contributed by atoms with van der Waals surface area (Å²) in [7, 11) is 0. The number of aryl methyl sites for hydroxylation is 1. The fourth-order valence-electron chi connectivity index (χ4n) is 1.12. The second-order valence-electron chi connectivity index (χ2n) is 2.90. The molecule has 1 heterocycles. The van der Waals surface area contributed by atoms with Gasteiger partial charge in [0.1, 0.15) is 0 Å². The van der Waals surface area contributed by atoms with Crippen molar-refractivity contribution in [2.45, 2.75) is 20.4 Å². The molecule has 6 heteroatoms. The molecule has 0 saturated heterocycles. The molecule has 0 aromatic carbocycles. The minimum absolute atomic E-state index is 0.116. The lowest BCUT2D eigenvalue weighted by atomic mass is 10.3. The number of rotatable bonds is 3. The van der Waals surface area contributed by atoms with Gasteiger partial charge in [0.2, 0.25) is 5.96 Å². The van der Waals surface area contributed by atoms with Crippen LogP contribution in [0.3, 0.4) is 0 Å². The molecule has 0 atom stereocenters. The first-order valence-corrected chi connectivity index (χ1v) is 4.71. The van der Waals surface area contributed by atoms with Gasteiger partial charge in [-0.2, -0.15) is 0 Å². The highest BCUT2D eigenvalue weighted by atomic mass is 32.1. The molecule has 0 bridgehead atoms. The van der Waals surface area contributed by atoms with Crippen LogP contribution in [0.25, 0.3) is 0 Å². The number of aromatic nitrogens is 2. The van der Waals surface area contributed by atoms with Crippen molar-refractivity contribution in [2.24, 2.45) is 4.36 Å². The monoisotopic (exact) mass is 211 g/mol. The van der Waals surface area contributed by atoms with Crippen molar-refractivity contribution in [1.29, 1.82) is 5.41 Å². The van der Waals surface area contributed by atoms with Crippen molar-refractivity contribution in [3.8, 4) is 0 Å². The largest absolute Gasteiger partial charge is 0.348 e. The maximum Gasteiger partial charge on any atom is 0.230 e. The topological polar surface area (TPSA) is 68.1 Å². The van der Waals surface area contributed by atoms with Crippen LogP contribution in [-0.4, -0.2) is 27.4 Å². The number of imidazole rings is 1. The van der Waals surface area contributed by atoms with E-state index in [1.54, 1.807) is 11.2 Å². The molecule has 0 fully saturated rings. The fraction of sp³-hybridized carbons (Fsp3) is 0.500. The standard InChI is InChI=1S/C8H13N5S/c1-3-13(8(9)12-14)4-7-6(2)10-5-11-7/h5,9H,3-4H2,1-2H3,(H,10,11). The number of hydrogen-bond donors (Lipinski definition) is 2. The van der Waals surface area contributed by atoms with Gasteiger partial charge in [-0.3, -0.25) is 5.41 Å². The highest BCUT2D eigenvalue weighted by Gasteiger charge is 2.10. The lowest BCUT2D eigenvalue weighted by Crippen LogP contribution is -2.28. The van der Waals surface area contributed by atoms with Gasteiger partial charge in [0, 0.05) is 24.7 Å². The Morgan fingerprint density at radius 3 is 2.93 bits per heavy atom. The van der Waals surface area contributed by atoms with Crippen molar-refractivity contribution in [3.05, 3.63) is 17.7 Å². The highest BCUT2D eigenvalue weighted by molar-refractivity contribution is 7.47. The Morgan fingerprint density at radius 2 is 2.50 bits per heavy atom. The molecule has 0 unspecified atom stereocenters. The number of aromatic amines is 1. The van der Waals surface area contributed by atoms with Crippen LogP contribution in [0.2, 0.25) is 0 Å². The van der Waals surface area contributed by atoms with E-state index in [0.29, 0.717) is 13.1 Å². The fourth-order valence-corrected chi connectivity index (χ4v) is 1.24. The number of nitrogens with one attached hydrogen (secondary N) is 2. The van der Waals surface area contributed by atoms with Crippen LogP contribution in [0.5, 0.6) is 0 Å². The van der Waals surface area contributed by atoms with E-state index in [1.165, 1.54) is 0 Å². The molecule has 0 spiro atoms. The summed E-state index contributed by atoms with van der Waals surface area (Å²) in [5, 5.41) is 7.48. The first-order chi connectivity index (χ1) is 6.69. The van der Waals surface area contributed by atoms with E-state index < -0.39 is 0 Å². The maximum atomic E-state index is 7.48. The van der Waals surface area contributed by atoms with Gasteiger partial charge >= 0.3 is 0 Å². The molecule has 1 rings (SSSR count). The van der Waals surface area contributed by atoms with Crippen molar-refractivity contribution in [3.63, 3.8) is 0 Å². The van der Waals surface area contributed by atoms with Crippen molar-refractivity contribution in [2.75, 3.05) is 6.54 Å². The molecule has 0 aliphatic heterocycles. The van der Waals surface area contributed by atoms with Crippen LogP contribution in [-0.2, 0) is 19.0 Å². The van der Waals surface area contributed by atoms with Crippen LogP contribution in [0, 0.1) is 12.3 Å². The smallest absolute Gasteiger partial charge is 0.230 e. The second-order valence-corrected chi connectivity index (χ2v) is 3.09. The Morgan fingerprint density at radius 1 is 1.79 bits per heavy atom. The lowest BCUT2D eigenvalue weighted by molar-refractivity contribution is 0.422. The van der Waals surface area contributed by atoms with Gasteiger partial charge in [-0.25, -0.2) is 4.98 Å². The molecule has 1 aromatic heterocycles. The molecular formula is C8H13N5S. The predicted molar refractivity (Wildman–Crippen MR) is 56.9 cm³/mol. The number of guanidine groups is 1. The van der Waals surface area contributed by atoms with E-state index in [4.69, 9.17) is 5.41 Å². The van der Waals surface area contributed by atoms with Gasteiger partial charge in [0.25, 0.3) is 0 Å². The summed E-state index contributed by atoms with van der Waals surface area (Å²) in [6.07, 6.45) is 1.65. The van der Waals surface area contributed by atoms with Crippen LogP contribution >= 0.6 is 0 Å². The number of nitrogens with zero attached hydrogens (tertiary/aromatic N) is 3. The number of hydrogen-bond acceptors (Lipinski definition) is 3. The summed E-state index contributed by atoms with van der Waals surface area (Å²) in [5.41, 5.74) is 1.94. The molecule has 0 saturated carbocycles. The molecule has 0 aliphatic rings. The minimum Gasteiger partial charge on any atom is -0.348 e. The van der Waals surface area contributed by atoms with E-state index in [-0.39, 0.29) is 5.96 Å². The zero-order valence-electron chi connectivity index (χ0n) is 8.24. The normalized spacial score (nSPS) is 9.86. The minimum atomic E-state index is 0.116. The third-order valence-corrected chi connectivity index (χ3v) is 2.22. The average molecular weight is 211 g/mol. The first-order valence-electron chi connectivity index (χ1n) is 4.34. The van der Waals surface area contributed by atoms with E-state index >= 15 is 0 Å². The molecule has 5 nitrogen and oxygen atoms in total. The van der Waals surface area contributed by atoms with E-state index in [2.05, 4.69) is 26.8 Å². The third-order valence-electron chi connectivity index (χ3n) is 2.04. The van der Waals surface area contributed by atoms with Crippen molar-refractivity contribution < 1.29 is 0 Å². The second kappa shape index (κ2) is 4.80. The zero-order valence-corrected chi connectivity index (χ0v) is 9.06. The van der Waals surface area contributed by atoms with Crippen LogP contribution in [0.4, 0.5) is 0 Å². The quantitative estimate of drug-likeness (QED) is 0.583. The summed E-state index contributed by atoms with van der Waals surface area (Å²) in [5.74, 6) is 0.116. The molecule has 0 amide bonds. The molecule has 2 N–H and O–H groups in total. The average Bonchev–Trinajstić information content (AvgIpc) is 2.59. The van der Waals surface area contributed by atoms with E-state index in [9.17, 15) is 0 Å². The van der Waals surface area contributed by atoms with Crippen LogP contribution in [0.1, 0.15) is 18.3 Å². The molecule has 14 heavy (non-hydrogen) atoms. The van der Waals surface area contributed by atoms with Gasteiger partial charge < -0.3 is 9.88 Å². The number of H-pyrrole nitrogens is 1. The Balaban J connectivity index is 2.70. The van der Waals surface area contributed by atoms with Crippen LogP contribution < -0.4 is 0 Å². The third kappa shape index (κ3) is 2.35. The molecular weight excluding hydrogens is 198 g/mol. The first kappa shape index (κ1) is 10.8. The Hall–Kier alpha value is -1.30. The van der Waals surface area contributed by atoms with Gasteiger partial charge in [0.15, 0.2) is 0 Å². The summed E-state index contributed by atoms with van der Waals surface area (Å²) in [6, 6.07) is 0. The lowest BCUT2D eigenvalue weighted by Gasteiger charge is -2.18. The Kier molecular flexibility index (Phi) is 3.70. The maximum absolute atomic E-state index is 7.48. The summed E-state index contributed by atoms with van der Waals surface area (Å²) >= 11 is 4.48. The van der Waals surface area contributed by atoms with Crippen molar-refractivity contribution in [1.82, 2.24) is 14.9 Å². The van der Waals surface area contributed by atoms with E-state index in [1.807, 2.05) is 13.8 Å². The molecule has 0 radical (unpaired) electrons. The summed E-state index contributed by atoms with van der Waals surface area (Å²) in [6.45, 7) is 5.18. The zero-order chi connectivity index (χ0) is 10.6. The SMILES string of the molecule is CCN(Cc1nc[nH]c1C)C(=N)N=S. The predicted octanol–water partition coefficient (Wildman–Crippen LogP) is 1.21. The van der Waals surface area contributed by atoms with Gasteiger partial charge in [-0.05, 0) is 13.8 Å². The van der Waals surface area contributed by atoms with Gasteiger partial charge in [-0.1, -0.05) is 0 Å². The molecule has 1 aromatic rings. The summed E-state index contributed by atoms with van der Waals surface area (Å²) in [4.78, 5) is 8.90. The molecule has 76 valence electrons. The summed E-state index contributed by atoms with van der Waals surface area (Å²) < 4.78 is 3.42. The van der Waals surface area contributed by atoms with Crippen LogP contribution in [0.15, 0.2) is 10.7 Å².